The van der Waals surface area contributed by atoms with Gasteiger partial charge in [-0.1, -0.05) is 53.5 Å². The maximum absolute atomic E-state index is 3.78. The van der Waals surface area contributed by atoms with Gasteiger partial charge in [-0.2, -0.15) is 0 Å². The standard InChI is InChI=1S/C12H15Br/c1-7-4-5-10-8(2)9(3)12(13)11(10)6-7/h4-6,8-9,12H,1-3H3. The summed E-state index contributed by atoms with van der Waals surface area (Å²) < 4.78 is 0. The number of aryl methyl sites for hydroxylation is 1. The molecule has 3 unspecified atom stereocenters. The molecule has 1 aliphatic carbocycles. The van der Waals surface area contributed by atoms with Gasteiger partial charge >= 0.3 is 0 Å². The van der Waals surface area contributed by atoms with E-state index in [1.54, 1.807) is 0 Å². The van der Waals surface area contributed by atoms with Crippen molar-refractivity contribution < 1.29 is 0 Å². The minimum absolute atomic E-state index is 0.553. The van der Waals surface area contributed by atoms with E-state index in [1.165, 1.54) is 16.7 Å². The lowest BCUT2D eigenvalue weighted by Gasteiger charge is -2.11. The van der Waals surface area contributed by atoms with Crippen LogP contribution in [0, 0.1) is 12.8 Å². The van der Waals surface area contributed by atoms with Crippen LogP contribution in [-0.2, 0) is 0 Å². The highest BCUT2D eigenvalue weighted by atomic mass is 79.9. The van der Waals surface area contributed by atoms with Crippen LogP contribution in [-0.4, -0.2) is 0 Å². The lowest BCUT2D eigenvalue weighted by Crippen LogP contribution is -1.99. The van der Waals surface area contributed by atoms with E-state index in [9.17, 15) is 0 Å². The Labute approximate surface area is 88.5 Å². The van der Waals surface area contributed by atoms with E-state index in [-0.39, 0.29) is 0 Å². The summed E-state index contributed by atoms with van der Waals surface area (Å²) in [6, 6.07) is 6.81. The highest BCUT2D eigenvalue weighted by Crippen LogP contribution is 2.49. The summed E-state index contributed by atoms with van der Waals surface area (Å²) in [7, 11) is 0. The third kappa shape index (κ3) is 1.34. The molecular formula is C12H15Br. The van der Waals surface area contributed by atoms with Crippen molar-refractivity contribution in [3.05, 3.63) is 34.9 Å². The molecular weight excluding hydrogens is 224 g/mol. The highest BCUT2D eigenvalue weighted by Gasteiger charge is 2.33. The molecule has 3 atom stereocenters. The van der Waals surface area contributed by atoms with Crippen LogP contribution in [0.1, 0.15) is 41.3 Å². The van der Waals surface area contributed by atoms with Gasteiger partial charge < -0.3 is 0 Å². The quantitative estimate of drug-likeness (QED) is 0.595. The second-order valence-electron chi connectivity index (χ2n) is 4.18. The molecule has 2 rings (SSSR count). The molecule has 0 bridgehead atoms. The Morgan fingerprint density at radius 3 is 2.54 bits per heavy atom. The number of alkyl halides is 1. The van der Waals surface area contributed by atoms with Gasteiger partial charge in [0.2, 0.25) is 0 Å². The Bertz CT molecular complexity index is 330. The Morgan fingerprint density at radius 1 is 1.15 bits per heavy atom. The van der Waals surface area contributed by atoms with Crippen LogP contribution in [0.2, 0.25) is 0 Å². The molecule has 0 fully saturated rings. The number of rotatable bonds is 0. The first-order chi connectivity index (χ1) is 6.11. The Kier molecular flexibility index (Phi) is 2.23. The average molecular weight is 239 g/mol. The molecule has 0 aliphatic heterocycles. The molecule has 13 heavy (non-hydrogen) atoms. The van der Waals surface area contributed by atoms with Gasteiger partial charge in [0, 0.05) is 4.83 Å². The first kappa shape index (κ1) is 9.26. The smallest absolute Gasteiger partial charge is 0.0429 e. The predicted octanol–water partition coefficient (Wildman–Crippen LogP) is 4.18. The summed E-state index contributed by atoms with van der Waals surface area (Å²) >= 11 is 3.78. The summed E-state index contributed by atoms with van der Waals surface area (Å²) in [6.45, 7) is 6.80. The molecule has 1 aliphatic rings. The first-order valence-corrected chi connectivity index (χ1v) is 5.77. The van der Waals surface area contributed by atoms with Gasteiger partial charge in [-0.15, -0.1) is 0 Å². The zero-order valence-electron chi connectivity index (χ0n) is 8.34. The fraction of sp³-hybridized carbons (Fsp3) is 0.500. The highest BCUT2D eigenvalue weighted by molar-refractivity contribution is 9.09. The second-order valence-corrected chi connectivity index (χ2v) is 5.17. The van der Waals surface area contributed by atoms with Crippen LogP contribution in [0.4, 0.5) is 0 Å². The Balaban J connectivity index is 2.54. The summed E-state index contributed by atoms with van der Waals surface area (Å²) in [5.74, 6) is 1.41. The third-order valence-electron chi connectivity index (χ3n) is 3.28. The van der Waals surface area contributed by atoms with Crippen molar-refractivity contribution >= 4 is 15.9 Å². The van der Waals surface area contributed by atoms with E-state index in [0.29, 0.717) is 10.7 Å². The van der Waals surface area contributed by atoms with E-state index < -0.39 is 0 Å². The normalized spacial score (nSPS) is 31.8. The van der Waals surface area contributed by atoms with E-state index in [1.807, 2.05) is 0 Å². The Hall–Kier alpha value is -0.300. The van der Waals surface area contributed by atoms with Crippen LogP contribution >= 0.6 is 15.9 Å². The van der Waals surface area contributed by atoms with E-state index in [4.69, 9.17) is 0 Å². The molecule has 0 radical (unpaired) electrons. The van der Waals surface area contributed by atoms with Gasteiger partial charge in [-0.25, -0.2) is 0 Å². The zero-order chi connectivity index (χ0) is 9.59. The maximum atomic E-state index is 3.78. The summed E-state index contributed by atoms with van der Waals surface area (Å²) in [6.07, 6.45) is 0. The topological polar surface area (TPSA) is 0 Å². The minimum atomic E-state index is 0.553. The fourth-order valence-corrected chi connectivity index (χ4v) is 3.02. The van der Waals surface area contributed by atoms with E-state index in [0.717, 1.165) is 5.92 Å². The van der Waals surface area contributed by atoms with Crippen molar-refractivity contribution in [1.82, 2.24) is 0 Å². The van der Waals surface area contributed by atoms with Crippen molar-refractivity contribution in [3.8, 4) is 0 Å². The van der Waals surface area contributed by atoms with Crippen LogP contribution < -0.4 is 0 Å². The molecule has 0 nitrogen and oxygen atoms in total. The molecule has 0 saturated heterocycles. The molecule has 0 amide bonds. The molecule has 1 aromatic carbocycles. The minimum Gasteiger partial charge on any atom is -0.0836 e. The van der Waals surface area contributed by atoms with Gasteiger partial charge in [0.1, 0.15) is 0 Å². The molecule has 70 valence electrons. The third-order valence-corrected chi connectivity index (χ3v) is 4.61. The lowest BCUT2D eigenvalue weighted by molar-refractivity contribution is 0.528. The van der Waals surface area contributed by atoms with Crippen molar-refractivity contribution in [3.63, 3.8) is 0 Å². The van der Waals surface area contributed by atoms with Crippen LogP contribution in [0.15, 0.2) is 18.2 Å². The van der Waals surface area contributed by atoms with Crippen molar-refractivity contribution in [2.24, 2.45) is 5.92 Å². The SMILES string of the molecule is Cc1ccc2c(c1)C(Br)C(C)C2C. The van der Waals surface area contributed by atoms with Crippen molar-refractivity contribution in [2.45, 2.75) is 31.5 Å². The molecule has 0 saturated carbocycles. The number of fused-ring (bicyclic) bond motifs is 1. The van der Waals surface area contributed by atoms with E-state index >= 15 is 0 Å². The van der Waals surface area contributed by atoms with Crippen molar-refractivity contribution in [2.75, 3.05) is 0 Å². The molecule has 0 spiro atoms. The molecule has 0 heterocycles. The van der Waals surface area contributed by atoms with Crippen molar-refractivity contribution in [1.29, 1.82) is 0 Å². The molecule has 0 aromatic heterocycles. The number of hydrogen-bond acceptors (Lipinski definition) is 0. The summed E-state index contributed by atoms with van der Waals surface area (Å²) in [4.78, 5) is 0.553. The van der Waals surface area contributed by atoms with Crippen LogP contribution in [0.5, 0.6) is 0 Å². The molecule has 1 aromatic rings. The van der Waals surface area contributed by atoms with Gasteiger partial charge in [0.05, 0.1) is 0 Å². The molecule has 1 heteroatoms. The first-order valence-electron chi connectivity index (χ1n) is 4.85. The van der Waals surface area contributed by atoms with Gasteiger partial charge in [0.15, 0.2) is 0 Å². The average Bonchev–Trinajstić information content (AvgIpc) is 2.32. The van der Waals surface area contributed by atoms with Crippen LogP contribution in [0.25, 0.3) is 0 Å². The van der Waals surface area contributed by atoms with E-state index in [2.05, 4.69) is 54.9 Å². The van der Waals surface area contributed by atoms with Gasteiger partial charge in [-0.3, -0.25) is 0 Å². The lowest BCUT2D eigenvalue weighted by atomic mass is 9.96. The zero-order valence-corrected chi connectivity index (χ0v) is 9.93. The van der Waals surface area contributed by atoms with Crippen LogP contribution in [0.3, 0.4) is 0 Å². The molecule has 0 N–H and O–H groups in total. The monoisotopic (exact) mass is 238 g/mol. The predicted molar refractivity (Wildman–Crippen MR) is 60.4 cm³/mol. The second kappa shape index (κ2) is 3.13. The Morgan fingerprint density at radius 2 is 1.85 bits per heavy atom. The maximum Gasteiger partial charge on any atom is 0.0429 e. The fourth-order valence-electron chi connectivity index (χ4n) is 2.17. The number of hydrogen-bond donors (Lipinski definition) is 0. The number of halogens is 1. The van der Waals surface area contributed by atoms with Gasteiger partial charge in [-0.05, 0) is 29.9 Å². The summed E-state index contributed by atoms with van der Waals surface area (Å²) in [5, 5.41) is 0. The summed E-state index contributed by atoms with van der Waals surface area (Å²) in [5.41, 5.74) is 4.39. The number of benzene rings is 1. The van der Waals surface area contributed by atoms with Gasteiger partial charge in [0.25, 0.3) is 0 Å². The largest absolute Gasteiger partial charge is 0.0836 e.